The molecule has 204 valence electrons. The molecule has 39 heavy (non-hydrogen) atoms. The predicted octanol–water partition coefficient (Wildman–Crippen LogP) is 3.36. The van der Waals surface area contributed by atoms with E-state index in [1.54, 1.807) is 24.3 Å². The van der Waals surface area contributed by atoms with Crippen molar-refractivity contribution >= 4 is 35.9 Å². The molecule has 0 bridgehead atoms. The van der Waals surface area contributed by atoms with Gasteiger partial charge in [0.2, 0.25) is 11.8 Å². The van der Waals surface area contributed by atoms with E-state index < -0.39 is 5.25 Å². The highest BCUT2D eigenvalue weighted by molar-refractivity contribution is 7.80. The molecule has 10 nitrogen and oxygen atoms in total. The number of nitrogens with two attached hydrogens (primary N) is 1. The van der Waals surface area contributed by atoms with Crippen molar-refractivity contribution in [3.63, 3.8) is 0 Å². The average molecular weight is 547 g/mol. The molecule has 0 spiro atoms. The van der Waals surface area contributed by atoms with Crippen LogP contribution < -0.4 is 16.4 Å². The fourth-order valence-corrected chi connectivity index (χ4v) is 4.26. The first-order chi connectivity index (χ1) is 18.7. The van der Waals surface area contributed by atoms with Crippen LogP contribution in [0.4, 0.5) is 11.5 Å². The SMILES string of the molecule is CCN(CC)CCNC(=O)CCc1cccc(C(S)c2nc(N)c(C#N)c(-c3ccc(NC(C)=O)cc3)n2)n1. The van der Waals surface area contributed by atoms with Gasteiger partial charge in [-0.15, -0.1) is 0 Å². The monoisotopic (exact) mass is 546 g/mol. The molecule has 0 fully saturated rings. The lowest BCUT2D eigenvalue weighted by atomic mass is 10.1. The van der Waals surface area contributed by atoms with E-state index in [1.807, 2.05) is 18.2 Å². The number of benzene rings is 1. The molecule has 3 rings (SSSR count). The molecular weight excluding hydrogens is 512 g/mol. The van der Waals surface area contributed by atoms with Gasteiger partial charge in [-0.25, -0.2) is 9.97 Å². The van der Waals surface area contributed by atoms with Gasteiger partial charge in [0.15, 0.2) is 0 Å². The van der Waals surface area contributed by atoms with Crippen LogP contribution in [0.3, 0.4) is 0 Å². The number of carbonyl (C=O) groups excluding carboxylic acids is 2. The minimum absolute atomic E-state index is 0.0193. The summed E-state index contributed by atoms with van der Waals surface area (Å²) in [6, 6.07) is 14.5. The van der Waals surface area contributed by atoms with Gasteiger partial charge in [0.05, 0.1) is 11.4 Å². The number of rotatable bonds is 12. The number of nitrogen functional groups attached to an aromatic ring is 1. The zero-order chi connectivity index (χ0) is 28.4. The highest BCUT2D eigenvalue weighted by atomic mass is 32.1. The summed E-state index contributed by atoms with van der Waals surface area (Å²) >= 11 is 4.72. The molecule has 1 unspecified atom stereocenters. The lowest BCUT2D eigenvalue weighted by molar-refractivity contribution is -0.121. The van der Waals surface area contributed by atoms with Gasteiger partial charge < -0.3 is 21.3 Å². The molecule has 2 aromatic heterocycles. The summed E-state index contributed by atoms with van der Waals surface area (Å²) in [5.41, 5.74) is 9.28. The summed E-state index contributed by atoms with van der Waals surface area (Å²) in [5, 5.41) is 14.8. The Labute approximate surface area is 234 Å². The lowest BCUT2D eigenvalue weighted by Crippen LogP contribution is -2.34. The quantitative estimate of drug-likeness (QED) is 0.253. The first-order valence-electron chi connectivity index (χ1n) is 12.8. The second-order valence-corrected chi connectivity index (χ2v) is 9.41. The van der Waals surface area contributed by atoms with E-state index in [-0.39, 0.29) is 23.2 Å². The fourth-order valence-electron chi connectivity index (χ4n) is 4.00. The molecule has 0 saturated heterocycles. The molecule has 4 N–H and O–H groups in total. The normalized spacial score (nSPS) is 11.6. The molecule has 1 atom stereocenters. The number of nitriles is 1. The first kappa shape index (κ1) is 29.5. The smallest absolute Gasteiger partial charge is 0.221 e. The average Bonchev–Trinajstić information content (AvgIpc) is 2.93. The van der Waals surface area contributed by atoms with Crippen LogP contribution in [0.5, 0.6) is 0 Å². The molecule has 1 aromatic carbocycles. The summed E-state index contributed by atoms with van der Waals surface area (Å²) in [5.74, 6) is 0.140. The highest BCUT2D eigenvalue weighted by Crippen LogP contribution is 2.31. The number of hydrogen-bond acceptors (Lipinski definition) is 9. The third kappa shape index (κ3) is 8.24. The van der Waals surface area contributed by atoms with Crippen molar-refractivity contribution < 1.29 is 9.59 Å². The zero-order valence-corrected chi connectivity index (χ0v) is 23.3. The standard InChI is InChI=1S/C28H34N8O2S/c1-4-36(5-2)16-15-31-24(38)14-13-20-7-6-8-23(33-20)26(39)28-34-25(22(17-29)27(30)35-28)19-9-11-21(12-10-19)32-18(3)37/h6-12,26,39H,4-5,13-16H2,1-3H3,(H,31,38)(H,32,37)(H2,30,34,35). The molecule has 0 saturated carbocycles. The molecule has 0 aliphatic rings. The number of hydrogen-bond donors (Lipinski definition) is 4. The number of carbonyl (C=O) groups is 2. The Kier molecular flexibility index (Phi) is 10.8. The number of aryl methyl sites for hydroxylation is 1. The summed E-state index contributed by atoms with van der Waals surface area (Å²) in [6.07, 6.45) is 0.804. The molecule has 3 aromatic rings. The molecular formula is C28H34N8O2S. The summed E-state index contributed by atoms with van der Waals surface area (Å²) in [7, 11) is 0. The Morgan fingerprint density at radius 2 is 1.82 bits per heavy atom. The van der Waals surface area contributed by atoms with Crippen molar-refractivity contribution in [1.82, 2.24) is 25.2 Å². The van der Waals surface area contributed by atoms with Crippen molar-refractivity contribution in [3.05, 3.63) is 65.2 Å². The predicted molar refractivity (Wildman–Crippen MR) is 155 cm³/mol. The molecule has 0 aliphatic carbocycles. The zero-order valence-electron chi connectivity index (χ0n) is 22.4. The van der Waals surface area contributed by atoms with Crippen LogP contribution in [-0.4, -0.2) is 57.8 Å². The van der Waals surface area contributed by atoms with Crippen LogP contribution in [0.25, 0.3) is 11.3 Å². The number of pyridine rings is 1. The van der Waals surface area contributed by atoms with Crippen LogP contribution in [0.2, 0.25) is 0 Å². The summed E-state index contributed by atoms with van der Waals surface area (Å²) in [4.78, 5) is 39.5. The molecule has 2 amide bonds. The minimum Gasteiger partial charge on any atom is -0.382 e. The maximum Gasteiger partial charge on any atom is 0.221 e. The van der Waals surface area contributed by atoms with E-state index in [0.29, 0.717) is 47.8 Å². The second-order valence-electron chi connectivity index (χ2n) is 8.89. The number of thiol groups is 1. The van der Waals surface area contributed by atoms with Gasteiger partial charge in [-0.3, -0.25) is 14.6 Å². The van der Waals surface area contributed by atoms with Crippen molar-refractivity contribution in [2.45, 2.75) is 38.9 Å². The summed E-state index contributed by atoms with van der Waals surface area (Å²) < 4.78 is 0. The largest absolute Gasteiger partial charge is 0.382 e. The van der Waals surface area contributed by atoms with Crippen LogP contribution in [0.15, 0.2) is 42.5 Å². The van der Waals surface area contributed by atoms with Crippen LogP contribution >= 0.6 is 12.6 Å². The Bertz CT molecular complexity index is 1340. The van der Waals surface area contributed by atoms with Crippen LogP contribution in [-0.2, 0) is 16.0 Å². The van der Waals surface area contributed by atoms with Crippen molar-refractivity contribution in [1.29, 1.82) is 5.26 Å². The molecule has 0 aliphatic heterocycles. The van der Waals surface area contributed by atoms with E-state index in [2.05, 4.69) is 50.4 Å². The topological polar surface area (TPSA) is 150 Å². The number of likely N-dealkylation sites (N-methyl/N-ethyl adjacent to an activating group) is 1. The minimum atomic E-state index is -0.611. The number of amides is 2. The third-order valence-corrected chi connectivity index (χ3v) is 6.65. The van der Waals surface area contributed by atoms with Crippen LogP contribution in [0.1, 0.15) is 55.2 Å². The Morgan fingerprint density at radius 3 is 2.46 bits per heavy atom. The van der Waals surface area contributed by atoms with E-state index in [1.165, 1.54) is 6.92 Å². The van der Waals surface area contributed by atoms with Crippen LogP contribution in [0, 0.1) is 11.3 Å². The van der Waals surface area contributed by atoms with Gasteiger partial charge in [-0.2, -0.15) is 17.9 Å². The maximum absolute atomic E-state index is 12.3. The van der Waals surface area contributed by atoms with Gasteiger partial charge in [-0.05, 0) is 43.8 Å². The van der Waals surface area contributed by atoms with Gasteiger partial charge in [0.25, 0.3) is 0 Å². The van der Waals surface area contributed by atoms with Gasteiger partial charge >= 0.3 is 0 Å². The van der Waals surface area contributed by atoms with Crippen molar-refractivity contribution in [2.75, 3.05) is 37.2 Å². The first-order valence-corrected chi connectivity index (χ1v) is 13.4. The van der Waals surface area contributed by atoms with Gasteiger partial charge in [0.1, 0.15) is 28.5 Å². The summed E-state index contributed by atoms with van der Waals surface area (Å²) in [6.45, 7) is 8.97. The Hall–Kier alpha value is -4.01. The molecule has 0 radical (unpaired) electrons. The lowest BCUT2D eigenvalue weighted by Gasteiger charge is -2.18. The number of anilines is 2. The fraction of sp³-hybridized carbons (Fsp3) is 0.357. The molecule has 11 heteroatoms. The van der Waals surface area contributed by atoms with E-state index >= 15 is 0 Å². The number of aromatic nitrogens is 3. The third-order valence-electron chi connectivity index (χ3n) is 6.15. The van der Waals surface area contributed by atoms with Gasteiger partial charge in [-0.1, -0.05) is 32.0 Å². The Balaban J connectivity index is 1.75. The highest BCUT2D eigenvalue weighted by Gasteiger charge is 2.21. The molecule has 2 heterocycles. The van der Waals surface area contributed by atoms with E-state index in [0.717, 1.165) is 25.3 Å². The Morgan fingerprint density at radius 1 is 1.10 bits per heavy atom. The van der Waals surface area contributed by atoms with Gasteiger partial charge in [0, 0.05) is 43.4 Å². The van der Waals surface area contributed by atoms with Crippen molar-refractivity contribution in [3.8, 4) is 17.3 Å². The maximum atomic E-state index is 12.3. The van der Waals surface area contributed by atoms with E-state index in [9.17, 15) is 14.9 Å². The van der Waals surface area contributed by atoms with E-state index in [4.69, 9.17) is 18.4 Å². The van der Waals surface area contributed by atoms with Crippen molar-refractivity contribution in [2.24, 2.45) is 0 Å². The second kappa shape index (κ2) is 14.2. The number of nitrogens with zero attached hydrogens (tertiary/aromatic N) is 5. The number of nitrogens with one attached hydrogen (secondary N) is 2.